The number of nitrogens with one attached hydrogen (secondary N) is 1. The second-order valence-corrected chi connectivity index (χ2v) is 6.71. The van der Waals surface area contributed by atoms with Gasteiger partial charge in [0.05, 0.1) is 0 Å². The monoisotopic (exact) mass is 266 g/mol. The summed E-state index contributed by atoms with van der Waals surface area (Å²) in [7, 11) is 0. The molecule has 1 unspecified atom stereocenters. The van der Waals surface area contributed by atoms with Gasteiger partial charge < -0.3 is 5.32 Å². The minimum atomic E-state index is 0.760. The molecule has 0 saturated carbocycles. The molecule has 102 valence electrons. The number of piperidine rings is 1. The van der Waals surface area contributed by atoms with E-state index >= 15 is 0 Å². The molecule has 2 nitrogen and oxygen atoms in total. The predicted octanol–water partition coefficient (Wildman–Crippen LogP) is 3.21. The van der Waals surface area contributed by atoms with Crippen LogP contribution in [0.15, 0.2) is 16.8 Å². The van der Waals surface area contributed by atoms with Gasteiger partial charge in [0.15, 0.2) is 0 Å². The third-order valence-electron chi connectivity index (χ3n) is 3.57. The highest BCUT2D eigenvalue weighted by Crippen LogP contribution is 2.19. The molecule has 0 bridgehead atoms. The molecule has 0 spiro atoms. The summed E-state index contributed by atoms with van der Waals surface area (Å²) in [5, 5.41) is 8.07. The lowest BCUT2D eigenvalue weighted by molar-refractivity contribution is 0.165. The first kappa shape index (κ1) is 14.0. The highest BCUT2D eigenvalue weighted by molar-refractivity contribution is 7.07. The highest BCUT2D eigenvalue weighted by atomic mass is 32.1. The van der Waals surface area contributed by atoms with Crippen molar-refractivity contribution in [3.05, 3.63) is 22.4 Å². The highest BCUT2D eigenvalue weighted by Gasteiger charge is 2.19. The number of thiophene rings is 1. The summed E-state index contributed by atoms with van der Waals surface area (Å²) in [4.78, 5) is 2.62. The summed E-state index contributed by atoms with van der Waals surface area (Å²) in [6.45, 7) is 10.6. The van der Waals surface area contributed by atoms with Crippen molar-refractivity contribution in [3.8, 4) is 0 Å². The first-order valence-electron chi connectivity index (χ1n) is 7.18. The van der Waals surface area contributed by atoms with Gasteiger partial charge in [-0.1, -0.05) is 13.8 Å². The van der Waals surface area contributed by atoms with Crippen LogP contribution in [-0.4, -0.2) is 31.1 Å². The lowest BCUT2D eigenvalue weighted by atomic mass is 9.97. The van der Waals surface area contributed by atoms with Crippen LogP contribution in [0.2, 0.25) is 0 Å². The van der Waals surface area contributed by atoms with E-state index in [1.54, 1.807) is 0 Å². The molecule has 1 saturated heterocycles. The minimum Gasteiger partial charge on any atom is -0.316 e. The summed E-state index contributed by atoms with van der Waals surface area (Å²) < 4.78 is 0. The van der Waals surface area contributed by atoms with Crippen molar-refractivity contribution in [1.29, 1.82) is 0 Å². The Hall–Kier alpha value is -0.380. The van der Waals surface area contributed by atoms with E-state index in [1.807, 2.05) is 11.3 Å². The molecule has 2 heterocycles. The van der Waals surface area contributed by atoms with Gasteiger partial charge in [0.25, 0.3) is 0 Å². The van der Waals surface area contributed by atoms with Gasteiger partial charge in [-0.3, -0.25) is 4.90 Å². The molecule has 1 aliphatic heterocycles. The third kappa shape index (κ3) is 4.71. The number of rotatable bonds is 6. The Kier molecular flexibility index (Phi) is 5.67. The fraction of sp³-hybridized carbons (Fsp3) is 0.733. The van der Waals surface area contributed by atoms with Crippen molar-refractivity contribution in [2.75, 3.05) is 26.2 Å². The molecule has 1 aromatic heterocycles. The molecule has 1 aromatic rings. The third-order valence-corrected chi connectivity index (χ3v) is 4.31. The van der Waals surface area contributed by atoms with Gasteiger partial charge in [0, 0.05) is 13.1 Å². The number of hydrogen-bond donors (Lipinski definition) is 1. The molecule has 1 atom stereocenters. The Morgan fingerprint density at radius 1 is 1.50 bits per heavy atom. The zero-order valence-corrected chi connectivity index (χ0v) is 12.5. The van der Waals surface area contributed by atoms with E-state index in [9.17, 15) is 0 Å². The lowest BCUT2D eigenvalue weighted by Crippen LogP contribution is -2.39. The first-order chi connectivity index (χ1) is 8.74. The lowest BCUT2D eigenvalue weighted by Gasteiger charge is -2.32. The SMILES string of the molecule is CC(C)CNCC1CCCN(Cc2ccsc2)C1. The average molecular weight is 266 g/mol. The van der Waals surface area contributed by atoms with Crippen molar-refractivity contribution >= 4 is 11.3 Å². The number of hydrogen-bond acceptors (Lipinski definition) is 3. The summed E-state index contributed by atoms with van der Waals surface area (Å²) in [5.74, 6) is 1.60. The van der Waals surface area contributed by atoms with E-state index in [0.29, 0.717) is 0 Å². The van der Waals surface area contributed by atoms with Crippen molar-refractivity contribution in [2.45, 2.75) is 33.2 Å². The van der Waals surface area contributed by atoms with E-state index in [4.69, 9.17) is 0 Å². The number of nitrogens with zero attached hydrogens (tertiary/aromatic N) is 1. The summed E-state index contributed by atoms with van der Waals surface area (Å²) in [5.41, 5.74) is 1.48. The molecule has 0 aliphatic carbocycles. The molecule has 1 fully saturated rings. The first-order valence-corrected chi connectivity index (χ1v) is 8.12. The maximum Gasteiger partial charge on any atom is 0.0242 e. The zero-order chi connectivity index (χ0) is 12.8. The van der Waals surface area contributed by atoms with E-state index in [1.165, 1.54) is 38.0 Å². The summed E-state index contributed by atoms with van der Waals surface area (Å²) in [6, 6.07) is 2.26. The Bertz CT molecular complexity index is 321. The second-order valence-electron chi connectivity index (χ2n) is 5.93. The van der Waals surface area contributed by atoms with Gasteiger partial charge in [-0.25, -0.2) is 0 Å². The number of likely N-dealkylation sites (tertiary alicyclic amines) is 1. The molecule has 1 N–H and O–H groups in total. The van der Waals surface area contributed by atoms with Crippen LogP contribution in [0, 0.1) is 11.8 Å². The Labute approximate surface area is 115 Å². The standard InChI is InChI=1S/C15H26N2S/c1-13(2)8-16-9-14-4-3-6-17(10-14)11-15-5-7-18-12-15/h5,7,12-14,16H,3-4,6,8-11H2,1-2H3. The topological polar surface area (TPSA) is 15.3 Å². The van der Waals surface area contributed by atoms with Gasteiger partial charge in [0.1, 0.15) is 0 Å². The Morgan fingerprint density at radius 2 is 2.39 bits per heavy atom. The molecule has 2 rings (SSSR count). The van der Waals surface area contributed by atoms with Gasteiger partial charge in [-0.05, 0) is 66.7 Å². The average Bonchev–Trinajstić information content (AvgIpc) is 2.82. The van der Waals surface area contributed by atoms with Crippen molar-refractivity contribution in [3.63, 3.8) is 0 Å². The van der Waals surface area contributed by atoms with Crippen LogP contribution in [0.3, 0.4) is 0 Å². The van der Waals surface area contributed by atoms with Gasteiger partial charge >= 0.3 is 0 Å². The smallest absolute Gasteiger partial charge is 0.0242 e. The van der Waals surface area contributed by atoms with Crippen molar-refractivity contribution in [2.24, 2.45) is 11.8 Å². The van der Waals surface area contributed by atoms with E-state index in [2.05, 4.69) is 40.9 Å². The predicted molar refractivity (Wildman–Crippen MR) is 80.0 cm³/mol. The van der Waals surface area contributed by atoms with Crippen LogP contribution in [0.25, 0.3) is 0 Å². The minimum absolute atomic E-state index is 0.760. The second kappa shape index (κ2) is 7.27. The molecule has 0 amide bonds. The van der Waals surface area contributed by atoms with Crippen LogP contribution in [0.5, 0.6) is 0 Å². The van der Waals surface area contributed by atoms with Crippen LogP contribution in [0.4, 0.5) is 0 Å². The maximum atomic E-state index is 3.61. The molecule has 18 heavy (non-hydrogen) atoms. The van der Waals surface area contributed by atoms with Crippen LogP contribution >= 0.6 is 11.3 Å². The molecular formula is C15H26N2S. The molecule has 3 heteroatoms. The van der Waals surface area contributed by atoms with Crippen molar-refractivity contribution in [1.82, 2.24) is 10.2 Å². The normalized spacial score (nSPS) is 21.6. The van der Waals surface area contributed by atoms with Gasteiger partial charge in [-0.15, -0.1) is 0 Å². The van der Waals surface area contributed by atoms with Crippen molar-refractivity contribution < 1.29 is 0 Å². The Morgan fingerprint density at radius 3 is 3.11 bits per heavy atom. The van der Waals surface area contributed by atoms with Crippen LogP contribution in [-0.2, 0) is 6.54 Å². The zero-order valence-electron chi connectivity index (χ0n) is 11.7. The molecule has 0 radical (unpaired) electrons. The van der Waals surface area contributed by atoms with Crippen LogP contribution in [0.1, 0.15) is 32.3 Å². The van der Waals surface area contributed by atoms with Crippen LogP contribution < -0.4 is 5.32 Å². The van der Waals surface area contributed by atoms with E-state index in [0.717, 1.165) is 24.9 Å². The Balaban J connectivity index is 1.71. The molecule has 1 aliphatic rings. The summed E-state index contributed by atoms with van der Waals surface area (Å²) in [6.07, 6.45) is 2.75. The fourth-order valence-corrected chi connectivity index (χ4v) is 3.34. The van der Waals surface area contributed by atoms with E-state index < -0.39 is 0 Å². The molecular weight excluding hydrogens is 240 g/mol. The van der Waals surface area contributed by atoms with Gasteiger partial charge in [0.2, 0.25) is 0 Å². The maximum absolute atomic E-state index is 3.61. The van der Waals surface area contributed by atoms with Gasteiger partial charge in [-0.2, -0.15) is 11.3 Å². The van der Waals surface area contributed by atoms with E-state index in [-0.39, 0.29) is 0 Å². The molecule has 0 aromatic carbocycles. The fourth-order valence-electron chi connectivity index (χ4n) is 2.68. The quantitative estimate of drug-likeness (QED) is 0.850. The summed E-state index contributed by atoms with van der Waals surface area (Å²) >= 11 is 1.81. The largest absolute Gasteiger partial charge is 0.316 e.